The highest BCUT2D eigenvalue weighted by Gasteiger charge is 2.15. The van der Waals surface area contributed by atoms with Crippen LogP contribution in [0.15, 0.2) is 23.1 Å². The van der Waals surface area contributed by atoms with E-state index in [2.05, 4.69) is 0 Å². The molecule has 0 saturated heterocycles. The number of methoxy groups -OCH3 is 1. The molecule has 2 N–H and O–H groups in total. The van der Waals surface area contributed by atoms with Gasteiger partial charge >= 0.3 is 0 Å². The van der Waals surface area contributed by atoms with Gasteiger partial charge in [0.2, 0.25) is 10.0 Å². The second-order valence-corrected chi connectivity index (χ2v) is 4.94. The lowest BCUT2D eigenvalue weighted by atomic mass is 10.3. The normalized spacial score (nSPS) is 11.4. The van der Waals surface area contributed by atoms with Crippen molar-refractivity contribution >= 4 is 21.6 Å². The van der Waals surface area contributed by atoms with Gasteiger partial charge in [-0.3, -0.25) is 0 Å². The summed E-state index contributed by atoms with van der Waals surface area (Å²) in [6.45, 7) is 0.591. The molecular formula is C9H12ClNO4S. The number of primary sulfonamides is 1. The third kappa shape index (κ3) is 3.64. The van der Waals surface area contributed by atoms with Gasteiger partial charge in [0.1, 0.15) is 17.3 Å². The number of hydrogen-bond acceptors (Lipinski definition) is 4. The van der Waals surface area contributed by atoms with Gasteiger partial charge in [-0.25, -0.2) is 13.6 Å². The summed E-state index contributed by atoms with van der Waals surface area (Å²) >= 11 is 5.68. The summed E-state index contributed by atoms with van der Waals surface area (Å²) in [5, 5.41) is 5.31. The van der Waals surface area contributed by atoms with E-state index in [1.807, 2.05) is 0 Å². The van der Waals surface area contributed by atoms with Crippen molar-refractivity contribution in [3.8, 4) is 5.75 Å². The lowest BCUT2D eigenvalue weighted by Crippen LogP contribution is -2.15. The molecule has 0 atom stereocenters. The maximum absolute atomic E-state index is 11.2. The van der Waals surface area contributed by atoms with Crippen LogP contribution in [0.5, 0.6) is 5.75 Å². The topological polar surface area (TPSA) is 78.6 Å². The molecule has 1 aromatic rings. The van der Waals surface area contributed by atoms with Crippen LogP contribution in [0, 0.1) is 0 Å². The van der Waals surface area contributed by atoms with Crippen LogP contribution in [0.4, 0.5) is 0 Å². The van der Waals surface area contributed by atoms with Gasteiger partial charge in [-0.15, -0.1) is 0 Å². The minimum Gasteiger partial charge on any atom is -0.490 e. The molecule has 0 unspecified atom stereocenters. The van der Waals surface area contributed by atoms with E-state index in [4.69, 9.17) is 26.2 Å². The van der Waals surface area contributed by atoms with Crippen LogP contribution >= 0.6 is 11.6 Å². The van der Waals surface area contributed by atoms with Gasteiger partial charge in [-0.2, -0.15) is 0 Å². The van der Waals surface area contributed by atoms with Crippen LogP contribution in [-0.4, -0.2) is 28.7 Å². The number of halogens is 1. The van der Waals surface area contributed by atoms with Crippen LogP contribution in [0.1, 0.15) is 0 Å². The molecule has 16 heavy (non-hydrogen) atoms. The predicted octanol–water partition coefficient (Wildman–Crippen LogP) is 1.01. The lowest BCUT2D eigenvalue weighted by Gasteiger charge is -2.09. The molecule has 1 aromatic carbocycles. The van der Waals surface area contributed by atoms with Crippen LogP contribution in [0.25, 0.3) is 0 Å². The van der Waals surface area contributed by atoms with Crippen LogP contribution in [0.3, 0.4) is 0 Å². The number of nitrogens with two attached hydrogens (primary N) is 1. The van der Waals surface area contributed by atoms with Gasteiger partial charge in [0, 0.05) is 12.1 Å². The number of sulfonamides is 1. The molecular weight excluding hydrogens is 254 g/mol. The molecule has 0 radical (unpaired) electrons. The Hall–Kier alpha value is -0.820. The molecule has 0 aromatic heterocycles. The second-order valence-electron chi connectivity index (χ2n) is 2.98. The predicted molar refractivity (Wildman–Crippen MR) is 60.2 cm³/mol. The van der Waals surface area contributed by atoms with Crippen LogP contribution < -0.4 is 9.88 Å². The van der Waals surface area contributed by atoms with Gasteiger partial charge in [-0.05, 0) is 18.2 Å². The maximum atomic E-state index is 11.2. The van der Waals surface area contributed by atoms with Crippen molar-refractivity contribution in [2.24, 2.45) is 5.14 Å². The minimum atomic E-state index is -3.84. The van der Waals surface area contributed by atoms with E-state index in [0.29, 0.717) is 6.61 Å². The van der Waals surface area contributed by atoms with Crippen molar-refractivity contribution in [3.05, 3.63) is 23.2 Å². The molecule has 0 spiro atoms. The molecule has 1 rings (SSSR count). The summed E-state index contributed by atoms with van der Waals surface area (Å²) in [7, 11) is -2.32. The Morgan fingerprint density at radius 3 is 2.62 bits per heavy atom. The lowest BCUT2D eigenvalue weighted by molar-refractivity contribution is 0.144. The summed E-state index contributed by atoms with van der Waals surface area (Å²) in [6.07, 6.45) is 0. The highest BCUT2D eigenvalue weighted by molar-refractivity contribution is 7.89. The molecule has 0 saturated carbocycles. The summed E-state index contributed by atoms with van der Waals surface area (Å²) < 4.78 is 32.5. The average molecular weight is 266 g/mol. The van der Waals surface area contributed by atoms with Crippen molar-refractivity contribution in [1.82, 2.24) is 0 Å². The molecule has 0 aliphatic carbocycles. The Labute approximate surface area is 99.2 Å². The molecule has 0 bridgehead atoms. The Bertz CT molecular complexity index is 461. The monoisotopic (exact) mass is 265 g/mol. The number of ether oxygens (including phenoxy) is 2. The minimum absolute atomic E-state index is 0.129. The fourth-order valence-electron chi connectivity index (χ4n) is 1.06. The maximum Gasteiger partial charge on any atom is 0.241 e. The first kappa shape index (κ1) is 13.2. The Morgan fingerprint density at radius 1 is 1.38 bits per heavy atom. The van der Waals surface area contributed by atoms with E-state index < -0.39 is 10.0 Å². The number of benzene rings is 1. The molecule has 0 heterocycles. The van der Waals surface area contributed by atoms with Gasteiger partial charge in [0.15, 0.2) is 0 Å². The van der Waals surface area contributed by atoms with E-state index >= 15 is 0 Å². The molecule has 7 heteroatoms. The molecule has 90 valence electrons. The molecule has 0 aliphatic heterocycles. The molecule has 0 aliphatic rings. The zero-order valence-electron chi connectivity index (χ0n) is 8.64. The number of rotatable bonds is 5. The highest BCUT2D eigenvalue weighted by atomic mass is 35.5. The smallest absolute Gasteiger partial charge is 0.241 e. The standard InChI is InChI=1S/C9H12ClNO4S/c1-14-4-5-15-8-3-2-7(10)6-9(8)16(11,12)13/h2-3,6H,4-5H2,1H3,(H2,11,12,13). The highest BCUT2D eigenvalue weighted by Crippen LogP contribution is 2.26. The molecule has 5 nitrogen and oxygen atoms in total. The third-order valence-corrected chi connectivity index (χ3v) is 2.92. The summed E-state index contributed by atoms with van der Waals surface area (Å²) in [6, 6.07) is 4.23. The first-order valence-electron chi connectivity index (χ1n) is 4.39. The summed E-state index contributed by atoms with van der Waals surface area (Å²) in [4.78, 5) is -0.129. The molecule has 0 fully saturated rings. The van der Waals surface area contributed by atoms with E-state index in [1.165, 1.54) is 25.3 Å². The van der Waals surface area contributed by atoms with Crippen molar-refractivity contribution in [3.63, 3.8) is 0 Å². The number of hydrogen-bond donors (Lipinski definition) is 1. The second kappa shape index (κ2) is 5.49. The largest absolute Gasteiger partial charge is 0.490 e. The first-order valence-corrected chi connectivity index (χ1v) is 6.31. The van der Waals surface area contributed by atoms with Crippen LogP contribution in [-0.2, 0) is 14.8 Å². The van der Waals surface area contributed by atoms with Gasteiger partial charge in [0.05, 0.1) is 6.61 Å². The zero-order valence-corrected chi connectivity index (χ0v) is 10.2. The van der Waals surface area contributed by atoms with E-state index in [9.17, 15) is 8.42 Å². The fraction of sp³-hybridized carbons (Fsp3) is 0.333. The molecule has 0 amide bonds. The van der Waals surface area contributed by atoms with Crippen molar-refractivity contribution in [1.29, 1.82) is 0 Å². The van der Waals surface area contributed by atoms with Crippen molar-refractivity contribution in [2.45, 2.75) is 4.90 Å². The summed E-state index contributed by atoms with van der Waals surface area (Å²) in [5.74, 6) is 0.170. The van der Waals surface area contributed by atoms with E-state index in [-0.39, 0.29) is 22.3 Å². The van der Waals surface area contributed by atoms with E-state index in [0.717, 1.165) is 0 Å². The van der Waals surface area contributed by atoms with Crippen molar-refractivity contribution < 1.29 is 17.9 Å². The Kier molecular flexibility index (Phi) is 4.55. The summed E-state index contributed by atoms with van der Waals surface area (Å²) in [5.41, 5.74) is 0. The first-order chi connectivity index (χ1) is 7.45. The quantitative estimate of drug-likeness (QED) is 0.806. The Morgan fingerprint density at radius 2 is 2.06 bits per heavy atom. The van der Waals surface area contributed by atoms with Gasteiger partial charge in [-0.1, -0.05) is 11.6 Å². The average Bonchev–Trinajstić information content (AvgIpc) is 2.19. The van der Waals surface area contributed by atoms with E-state index in [1.54, 1.807) is 0 Å². The van der Waals surface area contributed by atoms with Crippen LogP contribution in [0.2, 0.25) is 5.02 Å². The Balaban J connectivity index is 2.99. The fourth-order valence-corrected chi connectivity index (χ4v) is 1.99. The zero-order chi connectivity index (χ0) is 12.2. The van der Waals surface area contributed by atoms with Crippen molar-refractivity contribution in [2.75, 3.05) is 20.3 Å². The van der Waals surface area contributed by atoms with Gasteiger partial charge < -0.3 is 9.47 Å². The van der Waals surface area contributed by atoms with Gasteiger partial charge in [0.25, 0.3) is 0 Å². The SMILES string of the molecule is COCCOc1ccc(Cl)cc1S(N)(=O)=O. The third-order valence-electron chi connectivity index (χ3n) is 1.76.